The molecule has 0 saturated carbocycles. The third kappa shape index (κ3) is 7.14. The Morgan fingerprint density at radius 3 is 1.70 bits per heavy atom. The Kier molecular flexibility index (Phi) is 8.20. The van der Waals surface area contributed by atoms with Gasteiger partial charge in [0.15, 0.2) is 12.2 Å². The highest BCUT2D eigenvalue weighted by Gasteiger charge is 2.20. The van der Waals surface area contributed by atoms with E-state index >= 15 is 0 Å². The molecule has 0 aliphatic carbocycles. The Labute approximate surface area is 202 Å². The Hall–Kier alpha value is -3.22. The van der Waals surface area contributed by atoms with Crippen LogP contribution in [-0.2, 0) is 9.59 Å². The monoisotopic (exact) mass is 486 g/mol. The molecular formula is C25H24Cl2N2O4. The van der Waals surface area contributed by atoms with Gasteiger partial charge in [-0.1, -0.05) is 41.4 Å². The lowest BCUT2D eigenvalue weighted by atomic mass is 10.1. The van der Waals surface area contributed by atoms with Crippen LogP contribution in [0.5, 0.6) is 11.5 Å². The van der Waals surface area contributed by atoms with Crippen LogP contribution in [0.1, 0.15) is 19.4 Å². The lowest BCUT2D eigenvalue weighted by Crippen LogP contribution is -2.32. The highest BCUT2D eigenvalue weighted by Crippen LogP contribution is 2.25. The minimum atomic E-state index is -0.794. The second kappa shape index (κ2) is 11.1. The molecule has 0 aliphatic rings. The molecule has 0 aliphatic heterocycles. The molecule has 0 spiro atoms. The summed E-state index contributed by atoms with van der Waals surface area (Å²) in [5.41, 5.74) is 1.80. The SMILES string of the molecule is Cc1ccc(NC(=O)C(C)Oc2cccc(Cl)c2)c(NC(=O)C(C)Oc2cccc(Cl)c2)c1. The third-order valence-electron chi connectivity index (χ3n) is 4.65. The van der Waals surface area contributed by atoms with Crippen LogP contribution in [0.2, 0.25) is 10.0 Å². The number of carbonyl (C=O) groups excluding carboxylic acids is 2. The van der Waals surface area contributed by atoms with Crippen LogP contribution in [0.4, 0.5) is 11.4 Å². The molecule has 3 aromatic rings. The predicted molar refractivity (Wildman–Crippen MR) is 132 cm³/mol. The zero-order valence-corrected chi connectivity index (χ0v) is 19.9. The fourth-order valence-corrected chi connectivity index (χ4v) is 3.30. The van der Waals surface area contributed by atoms with Gasteiger partial charge in [0, 0.05) is 10.0 Å². The van der Waals surface area contributed by atoms with E-state index in [1.54, 1.807) is 74.5 Å². The first-order chi connectivity index (χ1) is 15.7. The van der Waals surface area contributed by atoms with Crippen molar-refractivity contribution in [3.05, 3.63) is 82.3 Å². The summed E-state index contributed by atoms with van der Waals surface area (Å²) in [5.74, 6) is 0.210. The maximum atomic E-state index is 12.7. The van der Waals surface area contributed by atoms with Gasteiger partial charge in [0.2, 0.25) is 0 Å². The molecule has 0 aromatic heterocycles. The molecule has 0 heterocycles. The summed E-state index contributed by atoms with van der Waals surface area (Å²) in [6, 6.07) is 18.9. The summed E-state index contributed by atoms with van der Waals surface area (Å²) in [6.07, 6.45) is -1.59. The van der Waals surface area contributed by atoms with Crippen LogP contribution >= 0.6 is 23.2 Å². The van der Waals surface area contributed by atoms with Gasteiger partial charge in [-0.05, 0) is 74.9 Å². The molecule has 0 radical (unpaired) electrons. The second-order valence-electron chi connectivity index (χ2n) is 7.46. The van der Waals surface area contributed by atoms with Crippen molar-refractivity contribution in [3.8, 4) is 11.5 Å². The van der Waals surface area contributed by atoms with Gasteiger partial charge in [-0.2, -0.15) is 0 Å². The van der Waals surface area contributed by atoms with Gasteiger partial charge >= 0.3 is 0 Å². The summed E-state index contributed by atoms with van der Waals surface area (Å²) >= 11 is 11.9. The molecule has 0 saturated heterocycles. The van der Waals surface area contributed by atoms with E-state index in [1.165, 1.54) is 0 Å². The summed E-state index contributed by atoms with van der Waals surface area (Å²) in [7, 11) is 0. The summed E-state index contributed by atoms with van der Waals surface area (Å²) in [6.45, 7) is 5.15. The van der Waals surface area contributed by atoms with Gasteiger partial charge < -0.3 is 20.1 Å². The Morgan fingerprint density at radius 2 is 1.21 bits per heavy atom. The zero-order valence-electron chi connectivity index (χ0n) is 18.4. The minimum absolute atomic E-state index is 0.376. The largest absolute Gasteiger partial charge is 0.481 e. The lowest BCUT2D eigenvalue weighted by Gasteiger charge is -2.19. The standard InChI is InChI=1S/C25H24Cl2N2O4/c1-15-10-11-22(28-24(30)16(2)32-20-8-4-6-18(26)13-20)23(12-15)29-25(31)17(3)33-21-9-5-7-19(27)14-21/h4-14,16-17H,1-3H3,(H,28,30)(H,29,31). The maximum absolute atomic E-state index is 12.7. The first-order valence-electron chi connectivity index (χ1n) is 10.3. The van der Waals surface area contributed by atoms with Crippen LogP contribution in [0.15, 0.2) is 66.7 Å². The number of carbonyl (C=O) groups is 2. The quantitative estimate of drug-likeness (QED) is 0.402. The molecule has 2 unspecified atom stereocenters. The molecule has 2 atom stereocenters. The Morgan fingerprint density at radius 1 is 0.727 bits per heavy atom. The van der Waals surface area contributed by atoms with Crippen molar-refractivity contribution >= 4 is 46.4 Å². The minimum Gasteiger partial charge on any atom is -0.481 e. The summed E-state index contributed by atoms with van der Waals surface area (Å²) in [4.78, 5) is 25.5. The van der Waals surface area contributed by atoms with Gasteiger partial charge in [0.1, 0.15) is 11.5 Å². The molecule has 3 aromatic carbocycles. The van der Waals surface area contributed by atoms with Crippen LogP contribution in [-0.4, -0.2) is 24.0 Å². The molecular weight excluding hydrogens is 463 g/mol. The van der Waals surface area contributed by atoms with Gasteiger partial charge in [-0.25, -0.2) is 0 Å². The van der Waals surface area contributed by atoms with Gasteiger partial charge in [0.05, 0.1) is 11.4 Å². The molecule has 8 heteroatoms. The molecule has 33 heavy (non-hydrogen) atoms. The number of hydrogen-bond acceptors (Lipinski definition) is 4. The van der Waals surface area contributed by atoms with Crippen LogP contribution in [0.3, 0.4) is 0 Å². The number of nitrogens with one attached hydrogen (secondary N) is 2. The molecule has 0 bridgehead atoms. The summed E-state index contributed by atoms with van der Waals surface area (Å²) in [5, 5.41) is 6.65. The van der Waals surface area contributed by atoms with E-state index in [2.05, 4.69) is 10.6 Å². The van der Waals surface area contributed by atoms with E-state index in [9.17, 15) is 9.59 Å². The fraction of sp³-hybridized carbons (Fsp3) is 0.200. The smallest absolute Gasteiger partial charge is 0.265 e. The van der Waals surface area contributed by atoms with Crippen molar-refractivity contribution in [1.82, 2.24) is 0 Å². The average Bonchev–Trinajstić information content (AvgIpc) is 2.75. The Balaban J connectivity index is 1.67. The lowest BCUT2D eigenvalue weighted by molar-refractivity contribution is -0.122. The van der Waals surface area contributed by atoms with Crippen LogP contribution < -0.4 is 20.1 Å². The van der Waals surface area contributed by atoms with Crippen molar-refractivity contribution in [1.29, 1.82) is 0 Å². The van der Waals surface area contributed by atoms with E-state index in [4.69, 9.17) is 32.7 Å². The molecule has 3 rings (SSSR count). The van der Waals surface area contributed by atoms with E-state index in [0.29, 0.717) is 32.9 Å². The van der Waals surface area contributed by atoms with E-state index in [0.717, 1.165) is 5.56 Å². The second-order valence-corrected chi connectivity index (χ2v) is 8.34. The topological polar surface area (TPSA) is 76.7 Å². The number of rotatable bonds is 8. The molecule has 0 fully saturated rings. The maximum Gasteiger partial charge on any atom is 0.265 e. The summed E-state index contributed by atoms with van der Waals surface area (Å²) < 4.78 is 11.4. The van der Waals surface area contributed by atoms with Gasteiger partial charge in [0.25, 0.3) is 11.8 Å². The van der Waals surface area contributed by atoms with E-state index < -0.39 is 12.2 Å². The number of ether oxygens (including phenoxy) is 2. The zero-order chi connectivity index (χ0) is 24.0. The van der Waals surface area contributed by atoms with Crippen molar-refractivity contribution in [3.63, 3.8) is 0 Å². The highest BCUT2D eigenvalue weighted by molar-refractivity contribution is 6.31. The molecule has 2 N–H and O–H groups in total. The fourth-order valence-electron chi connectivity index (χ4n) is 2.94. The average molecular weight is 487 g/mol. The Bertz CT molecular complexity index is 1150. The van der Waals surface area contributed by atoms with Crippen LogP contribution in [0.25, 0.3) is 0 Å². The number of hydrogen-bond donors (Lipinski definition) is 2. The van der Waals surface area contributed by atoms with Crippen molar-refractivity contribution < 1.29 is 19.1 Å². The molecule has 172 valence electrons. The first kappa shape index (κ1) is 24.4. The molecule has 6 nitrogen and oxygen atoms in total. The van der Waals surface area contributed by atoms with Gasteiger partial charge in [-0.3, -0.25) is 9.59 Å². The number of aryl methyl sites for hydroxylation is 1. The van der Waals surface area contributed by atoms with Crippen molar-refractivity contribution in [2.45, 2.75) is 33.0 Å². The van der Waals surface area contributed by atoms with E-state index in [-0.39, 0.29) is 11.8 Å². The first-order valence-corrected chi connectivity index (χ1v) is 11.0. The molecule has 2 amide bonds. The highest BCUT2D eigenvalue weighted by atomic mass is 35.5. The normalized spacial score (nSPS) is 12.4. The predicted octanol–water partition coefficient (Wildman–Crippen LogP) is 6.11. The van der Waals surface area contributed by atoms with Crippen molar-refractivity contribution in [2.75, 3.05) is 10.6 Å². The number of amides is 2. The number of halogens is 2. The number of benzene rings is 3. The van der Waals surface area contributed by atoms with Gasteiger partial charge in [-0.15, -0.1) is 0 Å². The van der Waals surface area contributed by atoms with E-state index in [1.807, 2.05) is 13.0 Å². The van der Waals surface area contributed by atoms with Crippen LogP contribution in [0, 0.1) is 6.92 Å². The van der Waals surface area contributed by atoms with Crippen molar-refractivity contribution in [2.24, 2.45) is 0 Å². The third-order valence-corrected chi connectivity index (χ3v) is 5.12. The number of anilines is 2.